The second kappa shape index (κ2) is 7.81. The molecule has 2 N–H and O–H groups in total. The third-order valence-electron chi connectivity index (χ3n) is 2.99. The molecule has 1 heterocycles. The summed E-state index contributed by atoms with van der Waals surface area (Å²) in [6, 6.07) is 9.73. The average Bonchev–Trinajstić information content (AvgIpc) is 2.76. The van der Waals surface area contributed by atoms with Crippen molar-refractivity contribution in [3.8, 4) is 5.69 Å². The summed E-state index contributed by atoms with van der Waals surface area (Å²) in [5, 5.41) is 10.3. The fourth-order valence-corrected chi connectivity index (χ4v) is 2.07. The number of hydrogen-bond donors (Lipinski definition) is 2. The van der Waals surface area contributed by atoms with Crippen LogP contribution < -0.4 is 10.6 Å². The van der Waals surface area contributed by atoms with E-state index in [-0.39, 0.29) is 18.3 Å². The van der Waals surface area contributed by atoms with Gasteiger partial charge >= 0.3 is 0 Å². The number of amides is 1. The minimum absolute atomic E-state index is 0. The first-order valence-electron chi connectivity index (χ1n) is 6.68. The summed E-state index contributed by atoms with van der Waals surface area (Å²) in [7, 11) is 1.83. The highest BCUT2D eigenvalue weighted by molar-refractivity contribution is 5.91. The summed E-state index contributed by atoms with van der Waals surface area (Å²) in [6.45, 7) is 4.65. The van der Waals surface area contributed by atoms with Crippen molar-refractivity contribution in [2.45, 2.75) is 20.3 Å². The van der Waals surface area contributed by atoms with Gasteiger partial charge in [0, 0.05) is 24.3 Å². The second-order valence-corrected chi connectivity index (χ2v) is 4.79. The van der Waals surface area contributed by atoms with E-state index < -0.39 is 0 Å². The van der Waals surface area contributed by atoms with Crippen LogP contribution in [-0.2, 0) is 4.79 Å². The summed E-state index contributed by atoms with van der Waals surface area (Å²) in [6.07, 6.45) is 0.459. The first-order chi connectivity index (χ1) is 9.60. The first kappa shape index (κ1) is 17.2. The lowest BCUT2D eigenvalue weighted by Crippen LogP contribution is -2.18. The molecule has 0 spiro atoms. The molecule has 2 rings (SSSR count). The number of hydrogen-bond acceptors (Lipinski definition) is 3. The van der Waals surface area contributed by atoms with Crippen LogP contribution in [0.25, 0.3) is 5.69 Å². The Kier molecular flexibility index (Phi) is 6.39. The zero-order chi connectivity index (χ0) is 14.5. The molecule has 0 aliphatic carbocycles. The van der Waals surface area contributed by atoms with Crippen LogP contribution in [0.3, 0.4) is 0 Å². The van der Waals surface area contributed by atoms with Gasteiger partial charge in [-0.15, -0.1) is 12.4 Å². The van der Waals surface area contributed by atoms with E-state index in [1.807, 2.05) is 55.9 Å². The number of halogens is 1. The quantitative estimate of drug-likeness (QED) is 0.892. The molecule has 0 saturated carbocycles. The minimum Gasteiger partial charge on any atom is -0.326 e. The van der Waals surface area contributed by atoms with E-state index in [4.69, 9.17) is 0 Å². The Morgan fingerprint density at radius 2 is 2.05 bits per heavy atom. The molecular weight excluding hydrogens is 288 g/mol. The topological polar surface area (TPSA) is 59.0 Å². The van der Waals surface area contributed by atoms with Gasteiger partial charge < -0.3 is 10.6 Å². The molecule has 0 bridgehead atoms. The Hall–Kier alpha value is -1.85. The number of benzene rings is 1. The van der Waals surface area contributed by atoms with Crippen LogP contribution >= 0.6 is 12.4 Å². The summed E-state index contributed by atoms with van der Waals surface area (Å²) in [4.78, 5) is 11.7. The maximum atomic E-state index is 11.7. The fourth-order valence-electron chi connectivity index (χ4n) is 2.07. The van der Waals surface area contributed by atoms with Gasteiger partial charge in [-0.05, 0) is 45.2 Å². The Morgan fingerprint density at radius 1 is 1.29 bits per heavy atom. The van der Waals surface area contributed by atoms with Crippen molar-refractivity contribution in [3.05, 3.63) is 41.7 Å². The van der Waals surface area contributed by atoms with Crippen molar-refractivity contribution in [2.24, 2.45) is 0 Å². The largest absolute Gasteiger partial charge is 0.326 e. The van der Waals surface area contributed by atoms with Gasteiger partial charge in [-0.3, -0.25) is 4.79 Å². The van der Waals surface area contributed by atoms with Crippen molar-refractivity contribution in [1.29, 1.82) is 0 Å². The molecule has 1 aromatic carbocycles. The van der Waals surface area contributed by atoms with Gasteiger partial charge in [-0.2, -0.15) is 5.10 Å². The SMILES string of the molecule is CNCCC(=O)Nc1cccc(-n2nc(C)cc2C)c1.Cl. The van der Waals surface area contributed by atoms with Crippen molar-refractivity contribution >= 4 is 24.0 Å². The zero-order valence-corrected chi connectivity index (χ0v) is 13.3. The van der Waals surface area contributed by atoms with Crippen LogP contribution in [0.2, 0.25) is 0 Å². The molecule has 0 unspecified atom stereocenters. The number of nitrogens with one attached hydrogen (secondary N) is 2. The van der Waals surface area contributed by atoms with Gasteiger partial charge in [-0.1, -0.05) is 6.07 Å². The Balaban J connectivity index is 0.00000220. The van der Waals surface area contributed by atoms with Gasteiger partial charge in [0.1, 0.15) is 0 Å². The Bertz CT molecular complexity index is 609. The molecule has 1 aromatic heterocycles. The van der Waals surface area contributed by atoms with Crippen LogP contribution in [0.4, 0.5) is 5.69 Å². The highest BCUT2D eigenvalue weighted by atomic mass is 35.5. The van der Waals surface area contributed by atoms with E-state index in [1.54, 1.807) is 0 Å². The van der Waals surface area contributed by atoms with E-state index in [9.17, 15) is 4.79 Å². The van der Waals surface area contributed by atoms with Crippen LogP contribution in [0.5, 0.6) is 0 Å². The molecule has 114 valence electrons. The molecule has 0 radical (unpaired) electrons. The van der Waals surface area contributed by atoms with Gasteiger partial charge in [0.15, 0.2) is 0 Å². The van der Waals surface area contributed by atoms with E-state index in [2.05, 4.69) is 15.7 Å². The van der Waals surface area contributed by atoms with Gasteiger partial charge in [-0.25, -0.2) is 4.68 Å². The van der Waals surface area contributed by atoms with Gasteiger partial charge in [0.2, 0.25) is 5.91 Å². The predicted molar refractivity (Wildman–Crippen MR) is 87.5 cm³/mol. The number of anilines is 1. The number of aryl methyl sites for hydroxylation is 2. The number of nitrogens with zero attached hydrogens (tertiary/aromatic N) is 2. The van der Waals surface area contributed by atoms with Crippen LogP contribution in [0.15, 0.2) is 30.3 Å². The smallest absolute Gasteiger partial charge is 0.225 e. The summed E-state index contributed by atoms with van der Waals surface area (Å²) < 4.78 is 1.87. The Labute approximate surface area is 131 Å². The van der Waals surface area contributed by atoms with E-state index in [1.165, 1.54) is 0 Å². The summed E-state index contributed by atoms with van der Waals surface area (Å²) in [5.74, 6) is 0.00451. The van der Waals surface area contributed by atoms with Crippen LogP contribution in [0.1, 0.15) is 17.8 Å². The number of aromatic nitrogens is 2. The number of carbonyl (C=O) groups is 1. The monoisotopic (exact) mass is 308 g/mol. The molecule has 6 heteroatoms. The van der Waals surface area contributed by atoms with Crippen LogP contribution in [-0.4, -0.2) is 29.3 Å². The van der Waals surface area contributed by atoms with Crippen molar-refractivity contribution in [1.82, 2.24) is 15.1 Å². The van der Waals surface area contributed by atoms with E-state index in [0.717, 1.165) is 22.8 Å². The third-order valence-corrected chi connectivity index (χ3v) is 2.99. The lowest BCUT2D eigenvalue weighted by molar-refractivity contribution is -0.116. The standard InChI is InChI=1S/C15H20N4O.ClH/c1-11-9-12(2)19(18-11)14-6-4-5-13(10-14)17-15(20)7-8-16-3;/h4-6,9-10,16H,7-8H2,1-3H3,(H,17,20);1H. The normalized spacial score (nSPS) is 10.0. The maximum Gasteiger partial charge on any atom is 0.225 e. The molecule has 21 heavy (non-hydrogen) atoms. The highest BCUT2D eigenvalue weighted by Crippen LogP contribution is 2.16. The number of carbonyl (C=O) groups excluding carboxylic acids is 1. The molecule has 0 atom stereocenters. The second-order valence-electron chi connectivity index (χ2n) is 4.79. The lowest BCUT2D eigenvalue weighted by atomic mass is 10.2. The third kappa shape index (κ3) is 4.58. The van der Waals surface area contributed by atoms with Gasteiger partial charge in [0.25, 0.3) is 0 Å². The molecule has 0 aliphatic rings. The molecule has 5 nitrogen and oxygen atoms in total. The molecule has 0 fully saturated rings. The van der Waals surface area contributed by atoms with Gasteiger partial charge in [0.05, 0.1) is 11.4 Å². The zero-order valence-electron chi connectivity index (χ0n) is 12.5. The van der Waals surface area contributed by atoms with Crippen molar-refractivity contribution in [2.75, 3.05) is 18.9 Å². The maximum absolute atomic E-state index is 11.7. The van der Waals surface area contributed by atoms with E-state index >= 15 is 0 Å². The first-order valence-corrected chi connectivity index (χ1v) is 6.68. The van der Waals surface area contributed by atoms with E-state index in [0.29, 0.717) is 13.0 Å². The highest BCUT2D eigenvalue weighted by Gasteiger charge is 2.06. The summed E-state index contributed by atoms with van der Waals surface area (Å²) >= 11 is 0. The lowest BCUT2D eigenvalue weighted by Gasteiger charge is -2.08. The fraction of sp³-hybridized carbons (Fsp3) is 0.333. The molecule has 2 aromatic rings. The van der Waals surface area contributed by atoms with Crippen molar-refractivity contribution in [3.63, 3.8) is 0 Å². The molecule has 0 saturated heterocycles. The molecule has 1 amide bonds. The van der Waals surface area contributed by atoms with Crippen LogP contribution in [0, 0.1) is 13.8 Å². The minimum atomic E-state index is 0. The number of rotatable bonds is 5. The predicted octanol–water partition coefficient (Wildman–Crippen LogP) is 2.46. The Morgan fingerprint density at radius 3 is 2.67 bits per heavy atom. The molecular formula is C15H21ClN4O. The van der Waals surface area contributed by atoms with Crippen molar-refractivity contribution < 1.29 is 4.79 Å². The average molecular weight is 309 g/mol. The molecule has 0 aliphatic heterocycles. The summed E-state index contributed by atoms with van der Waals surface area (Å²) in [5.41, 5.74) is 3.78.